The van der Waals surface area contributed by atoms with Gasteiger partial charge < -0.3 is 5.73 Å². The summed E-state index contributed by atoms with van der Waals surface area (Å²) < 4.78 is 0. The van der Waals surface area contributed by atoms with Crippen LogP contribution in [-0.2, 0) is 9.63 Å². The predicted octanol–water partition coefficient (Wildman–Crippen LogP) is 0.524. The van der Waals surface area contributed by atoms with Gasteiger partial charge >= 0.3 is 0 Å². The number of nitrogens with two attached hydrogens (primary N) is 1. The molecule has 0 aromatic rings. The van der Waals surface area contributed by atoms with Gasteiger partial charge in [0.05, 0.1) is 12.5 Å². The summed E-state index contributed by atoms with van der Waals surface area (Å²) in [5, 5.41) is 1.27. The summed E-state index contributed by atoms with van der Waals surface area (Å²) in [6, 6.07) is -0.0300. The SMILES string of the molecule is CON(C)C(=O)C1(C)CCCC1N. The number of amides is 1. The molecule has 0 radical (unpaired) electrons. The molecule has 1 amide bonds. The van der Waals surface area contributed by atoms with Gasteiger partial charge in [-0.2, -0.15) is 0 Å². The van der Waals surface area contributed by atoms with Crippen LogP contribution >= 0.6 is 0 Å². The highest BCUT2D eigenvalue weighted by atomic mass is 16.7. The lowest BCUT2D eigenvalue weighted by molar-refractivity contribution is -0.179. The minimum absolute atomic E-state index is 0.0139. The van der Waals surface area contributed by atoms with Gasteiger partial charge in [0.2, 0.25) is 0 Å². The van der Waals surface area contributed by atoms with E-state index in [1.165, 1.54) is 12.2 Å². The molecule has 0 bridgehead atoms. The van der Waals surface area contributed by atoms with Crippen LogP contribution in [0.3, 0.4) is 0 Å². The van der Waals surface area contributed by atoms with Crippen LogP contribution in [0.2, 0.25) is 0 Å². The third kappa shape index (κ3) is 1.69. The highest BCUT2D eigenvalue weighted by Gasteiger charge is 2.44. The Kier molecular flexibility index (Phi) is 2.93. The fourth-order valence-electron chi connectivity index (χ4n) is 1.90. The van der Waals surface area contributed by atoms with Gasteiger partial charge in [-0.25, -0.2) is 5.06 Å². The monoisotopic (exact) mass is 186 g/mol. The molecule has 1 rings (SSSR count). The smallest absolute Gasteiger partial charge is 0.253 e. The Morgan fingerprint density at radius 3 is 2.69 bits per heavy atom. The Morgan fingerprint density at radius 1 is 1.69 bits per heavy atom. The molecule has 1 aliphatic rings. The molecule has 0 spiro atoms. The maximum Gasteiger partial charge on any atom is 0.253 e. The van der Waals surface area contributed by atoms with Crippen molar-refractivity contribution in [2.24, 2.45) is 11.1 Å². The van der Waals surface area contributed by atoms with Crippen molar-refractivity contribution in [3.05, 3.63) is 0 Å². The van der Waals surface area contributed by atoms with Crippen molar-refractivity contribution in [1.29, 1.82) is 0 Å². The van der Waals surface area contributed by atoms with E-state index in [0.29, 0.717) is 0 Å². The second-order valence-electron chi connectivity index (χ2n) is 3.90. The Balaban J connectivity index is 2.74. The van der Waals surface area contributed by atoms with Crippen molar-refractivity contribution >= 4 is 5.91 Å². The molecule has 1 aliphatic carbocycles. The van der Waals surface area contributed by atoms with E-state index in [-0.39, 0.29) is 11.9 Å². The summed E-state index contributed by atoms with van der Waals surface area (Å²) in [5.74, 6) is -0.0139. The van der Waals surface area contributed by atoms with E-state index >= 15 is 0 Å². The summed E-state index contributed by atoms with van der Waals surface area (Å²) in [5.41, 5.74) is 5.48. The molecule has 2 N–H and O–H groups in total. The highest BCUT2D eigenvalue weighted by Crippen LogP contribution is 2.38. The van der Waals surface area contributed by atoms with Crippen molar-refractivity contribution < 1.29 is 9.63 Å². The van der Waals surface area contributed by atoms with Gasteiger partial charge in [-0.3, -0.25) is 9.63 Å². The minimum atomic E-state index is -0.426. The third-order valence-electron chi connectivity index (χ3n) is 3.08. The molecule has 0 saturated heterocycles. The third-order valence-corrected chi connectivity index (χ3v) is 3.08. The van der Waals surface area contributed by atoms with Crippen LogP contribution in [0.4, 0.5) is 0 Å². The van der Waals surface area contributed by atoms with E-state index in [1.54, 1.807) is 7.05 Å². The summed E-state index contributed by atoms with van der Waals surface area (Å²) in [4.78, 5) is 16.7. The van der Waals surface area contributed by atoms with Crippen molar-refractivity contribution in [3.8, 4) is 0 Å². The van der Waals surface area contributed by atoms with E-state index in [9.17, 15) is 4.79 Å². The van der Waals surface area contributed by atoms with E-state index in [4.69, 9.17) is 10.6 Å². The lowest BCUT2D eigenvalue weighted by atomic mass is 9.84. The largest absolute Gasteiger partial charge is 0.327 e. The molecule has 0 aromatic heterocycles. The van der Waals surface area contributed by atoms with Crippen molar-refractivity contribution in [3.63, 3.8) is 0 Å². The van der Waals surface area contributed by atoms with Crippen LogP contribution in [-0.4, -0.2) is 31.2 Å². The zero-order chi connectivity index (χ0) is 10.1. The van der Waals surface area contributed by atoms with Gasteiger partial charge in [0.15, 0.2) is 0 Å². The lowest BCUT2D eigenvalue weighted by Crippen LogP contribution is -2.47. The molecule has 0 aliphatic heterocycles. The van der Waals surface area contributed by atoms with Crippen molar-refractivity contribution in [2.75, 3.05) is 14.2 Å². The van der Waals surface area contributed by atoms with Crippen LogP contribution in [0.5, 0.6) is 0 Å². The molecule has 0 heterocycles. The Morgan fingerprint density at radius 2 is 2.31 bits per heavy atom. The standard InChI is InChI=1S/C9H18N2O2/c1-9(6-4-5-7(9)10)8(12)11(2)13-3/h7H,4-6,10H2,1-3H3. The maximum absolute atomic E-state index is 11.8. The average molecular weight is 186 g/mol. The molecular formula is C9H18N2O2. The number of carbonyl (C=O) groups is 1. The van der Waals surface area contributed by atoms with Crippen LogP contribution in [0.1, 0.15) is 26.2 Å². The summed E-state index contributed by atoms with van der Waals surface area (Å²) in [7, 11) is 3.11. The number of hydrogen-bond acceptors (Lipinski definition) is 3. The number of hydrogen-bond donors (Lipinski definition) is 1. The van der Waals surface area contributed by atoms with E-state index in [1.807, 2.05) is 6.92 Å². The van der Waals surface area contributed by atoms with Crippen LogP contribution < -0.4 is 5.73 Å². The summed E-state index contributed by atoms with van der Waals surface area (Å²) in [6.07, 6.45) is 2.82. The van der Waals surface area contributed by atoms with Crippen LogP contribution in [0.15, 0.2) is 0 Å². The number of hydroxylamine groups is 2. The van der Waals surface area contributed by atoms with Crippen molar-refractivity contribution in [1.82, 2.24) is 5.06 Å². The Bertz CT molecular complexity index is 208. The normalized spacial score (nSPS) is 33.4. The first-order valence-corrected chi connectivity index (χ1v) is 4.60. The molecule has 76 valence electrons. The molecule has 2 unspecified atom stereocenters. The highest BCUT2D eigenvalue weighted by molar-refractivity contribution is 5.82. The molecule has 4 nitrogen and oxygen atoms in total. The van der Waals surface area contributed by atoms with Gasteiger partial charge in [-0.05, 0) is 19.8 Å². The number of rotatable bonds is 2. The van der Waals surface area contributed by atoms with Gasteiger partial charge in [0, 0.05) is 13.1 Å². The first kappa shape index (κ1) is 10.5. The number of carbonyl (C=O) groups excluding carboxylic acids is 1. The quantitative estimate of drug-likeness (QED) is 0.640. The maximum atomic E-state index is 11.8. The molecule has 1 fully saturated rings. The van der Waals surface area contributed by atoms with Gasteiger partial charge in [-0.15, -0.1) is 0 Å². The van der Waals surface area contributed by atoms with Gasteiger partial charge in [0.1, 0.15) is 0 Å². The predicted molar refractivity (Wildman–Crippen MR) is 49.7 cm³/mol. The zero-order valence-electron chi connectivity index (χ0n) is 8.54. The second kappa shape index (κ2) is 3.64. The Hall–Kier alpha value is -0.610. The number of nitrogens with zero attached hydrogens (tertiary/aromatic N) is 1. The first-order chi connectivity index (χ1) is 6.02. The average Bonchev–Trinajstić information content (AvgIpc) is 2.46. The molecular weight excluding hydrogens is 168 g/mol. The fourth-order valence-corrected chi connectivity index (χ4v) is 1.90. The summed E-state index contributed by atoms with van der Waals surface area (Å²) in [6.45, 7) is 1.92. The molecule has 1 saturated carbocycles. The van der Waals surface area contributed by atoms with Gasteiger partial charge in [0.25, 0.3) is 5.91 Å². The topological polar surface area (TPSA) is 55.6 Å². The second-order valence-corrected chi connectivity index (χ2v) is 3.90. The molecule has 4 heteroatoms. The van der Waals surface area contributed by atoms with E-state index < -0.39 is 5.41 Å². The Labute approximate surface area is 79.0 Å². The minimum Gasteiger partial charge on any atom is -0.327 e. The lowest BCUT2D eigenvalue weighted by Gasteiger charge is -2.30. The molecule has 13 heavy (non-hydrogen) atoms. The fraction of sp³-hybridized carbons (Fsp3) is 0.889. The molecule has 2 atom stereocenters. The van der Waals surface area contributed by atoms with E-state index in [0.717, 1.165) is 19.3 Å². The van der Waals surface area contributed by atoms with Crippen LogP contribution in [0.25, 0.3) is 0 Å². The molecule has 0 aromatic carbocycles. The van der Waals surface area contributed by atoms with Gasteiger partial charge in [-0.1, -0.05) is 6.42 Å². The zero-order valence-corrected chi connectivity index (χ0v) is 8.54. The summed E-state index contributed by atoms with van der Waals surface area (Å²) >= 11 is 0. The van der Waals surface area contributed by atoms with E-state index in [2.05, 4.69) is 0 Å². The van der Waals surface area contributed by atoms with Crippen LogP contribution in [0, 0.1) is 5.41 Å². The van der Waals surface area contributed by atoms with Crippen molar-refractivity contribution in [2.45, 2.75) is 32.2 Å². The first-order valence-electron chi connectivity index (χ1n) is 4.60.